The summed E-state index contributed by atoms with van der Waals surface area (Å²) in [6.45, 7) is 1.98. The lowest BCUT2D eigenvalue weighted by Gasteiger charge is -2.38. The van der Waals surface area contributed by atoms with Gasteiger partial charge in [0.1, 0.15) is 5.82 Å². The third-order valence-electron chi connectivity index (χ3n) is 3.77. The quantitative estimate of drug-likeness (QED) is 0.858. The Bertz CT molecular complexity index is 450. The van der Waals surface area contributed by atoms with Gasteiger partial charge in [-0.25, -0.2) is 4.39 Å². The summed E-state index contributed by atoms with van der Waals surface area (Å²) in [5.41, 5.74) is 0.867. The number of hydrogen-bond donors (Lipinski definition) is 2. The molecule has 0 bridgehead atoms. The molecule has 1 aromatic rings. The summed E-state index contributed by atoms with van der Waals surface area (Å²) in [5, 5.41) is 12.1. The number of aryl methyl sites for hydroxylation is 1. The molecule has 2 N–H and O–H groups in total. The Kier molecular flexibility index (Phi) is 3.66. The van der Waals surface area contributed by atoms with Crippen molar-refractivity contribution in [1.82, 2.24) is 5.32 Å². The van der Waals surface area contributed by atoms with Gasteiger partial charge in [-0.3, -0.25) is 4.79 Å². The Morgan fingerprint density at radius 2 is 2.22 bits per heavy atom. The van der Waals surface area contributed by atoms with Gasteiger partial charge in [0, 0.05) is 6.54 Å². The van der Waals surface area contributed by atoms with Crippen molar-refractivity contribution in [2.45, 2.75) is 32.7 Å². The second-order valence-corrected chi connectivity index (χ2v) is 5.06. The van der Waals surface area contributed by atoms with Gasteiger partial charge in [0.05, 0.1) is 12.0 Å². The number of rotatable bonds is 4. The minimum absolute atomic E-state index is 0.0960. The van der Waals surface area contributed by atoms with Crippen molar-refractivity contribution in [2.75, 3.05) is 6.61 Å². The van der Waals surface area contributed by atoms with Crippen LogP contribution < -0.4 is 5.32 Å². The number of benzene rings is 1. The van der Waals surface area contributed by atoms with E-state index in [1.165, 1.54) is 6.07 Å². The minimum Gasteiger partial charge on any atom is -0.395 e. The van der Waals surface area contributed by atoms with Crippen LogP contribution in [0.5, 0.6) is 0 Å². The normalized spacial score (nSPS) is 17.1. The second-order valence-electron chi connectivity index (χ2n) is 5.06. The van der Waals surface area contributed by atoms with Gasteiger partial charge in [0.15, 0.2) is 0 Å². The van der Waals surface area contributed by atoms with Crippen molar-refractivity contribution in [3.63, 3.8) is 0 Å². The van der Waals surface area contributed by atoms with E-state index in [4.69, 9.17) is 0 Å². The van der Waals surface area contributed by atoms with Crippen LogP contribution in [0.3, 0.4) is 0 Å². The first-order valence-corrected chi connectivity index (χ1v) is 6.22. The Labute approximate surface area is 106 Å². The van der Waals surface area contributed by atoms with Crippen LogP contribution in [0.1, 0.15) is 30.4 Å². The first-order valence-electron chi connectivity index (χ1n) is 6.22. The van der Waals surface area contributed by atoms with E-state index in [-0.39, 0.29) is 18.3 Å². The highest BCUT2D eigenvalue weighted by molar-refractivity contribution is 5.83. The summed E-state index contributed by atoms with van der Waals surface area (Å²) in [6.07, 6.45) is 2.49. The minimum atomic E-state index is -0.574. The van der Waals surface area contributed by atoms with E-state index in [0.717, 1.165) is 24.8 Å². The summed E-state index contributed by atoms with van der Waals surface area (Å²) in [4.78, 5) is 12.0. The number of carbonyl (C=O) groups excluding carboxylic acids is 1. The van der Waals surface area contributed by atoms with E-state index in [1.807, 2.05) is 0 Å². The number of halogens is 1. The number of aliphatic hydroxyl groups is 1. The highest BCUT2D eigenvalue weighted by Crippen LogP contribution is 2.40. The summed E-state index contributed by atoms with van der Waals surface area (Å²) in [5.74, 6) is -0.339. The molecule has 0 unspecified atom stereocenters. The summed E-state index contributed by atoms with van der Waals surface area (Å²) in [7, 11) is 0. The summed E-state index contributed by atoms with van der Waals surface area (Å²) >= 11 is 0. The lowest BCUT2D eigenvalue weighted by molar-refractivity contribution is -0.139. The molecule has 1 aliphatic carbocycles. The molecule has 1 amide bonds. The fourth-order valence-corrected chi connectivity index (χ4v) is 2.25. The second kappa shape index (κ2) is 5.06. The van der Waals surface area contributed by atoms with Crippen LogP contribution in [0.2, 0.25) is 0 Å². The average Bonchev–Trinajstić information content (AvgIpc) is 2.30. The summed E-state index contributed by atoms with van der Waals surface area (Å²) < 4.78 is 13.1. The fourth-order valence-electron chi connectivity index (χ4n) is 2.25. The molecule has 1 fully saturated rings. The van der Waals surface area contributed by atoms with E-state index in [1.54, 1.807) is 19.1 Å². The maximum absolute atomic E-state index is 13.1. The van der Waals surface area contributed by atoms with E-state index in [2.05, 4.69) is 5.32 Å². The Balaban J connectivity index is 1.95. The first kappa shape index (κ1) is 13.0. The lowest BCUT2D eigenvalue weighted by Crippen LogP contribution is -2.47. The molecule has 98 valence electrons. The smallest absolute Gasteiger partial charge is 0.228 e. The van der Waals surface area contributed by atoms with Crippen molar-refractivity contribution in [3.8, 4) is 0 Å². The molecule has 0 heterocycles. The Morgan fingerprint density at radius 1 is 1.50 bits per heavy atom. The van der Waals surface area contributed by atoms with E-state index in [0.29, 0.717) is 12.1 Å². The predicted octanol–water partition coefficient (Wildman–Crippen LogP) is 1.91. The van der Waals surface area contributed by atoms with Crippen molar-refractivity contribution in [2.24, 2.45) is 5.41 Å². The number of nitrogens with one attached hydrogen (secondary N) is 1. The highest BCUT2D eigenvalue weighted by Gasteiger charge is 2.43. The third-order valence-corrected chi connectivity index (χ3v) is 3.77. The number of carbonyl (C=O) groups is 1. The molecule has 2 rings (SSSR count). The molecule has 18 heavy (non-hydrogen) atoms. The molecule has 1 aromatic carbocycles. The Hall–Kier alpha value is -1.42. The molecule has 3 nitrogen and oxygen atoms in total. The monoisotopic (exact) mass is 251 g/mol. The van der Waals surface area contributed by atoms with E-state index >= 15 is 0 Å². The van der Waals surface area contributed by atoms with Crippen LogP contribution in [0.25, 0.3) is 0 Å². The van der Waals surface area contributed by atoms with Crippen LogP contribution in [-0.4, -0.2) is 17.6 Å². The van der Waals surface area contributed by atoms with Crippen molar-refractivity contribution in [1.29, 1.82) is 0 Å². The molecular weight excluding hydrogens is 233 g/mol. The van der Waals surface area contributed by atoms with Crippen LogP contribution in [-0.2, 0) is 11.3 Å². The molecule has 1 aliphatic rings. The van der Waals surface area contributed by atoms with Gasteiger partial charge in [0.25, 0.3) is 0 Å². The van der Waals surface area contributed by atoms with E-state index < -0.39 is 5.41 Å². The lowest BCUT2D eigenvalue weighted by atomic mass is 9.68. The van der Waals surface area contributed by atoms with Crippen LogP contribution in [0.4, 0.5) is 4.39 Å². The maximum Gasteiger partial charge on any atom is 0.228 e. The topological polar surface area (TPSA) is 49.3 Å². The van der Waals surface area contributed by atoms with Crippen molar-refractivity contribution in [3.05, 3.63) is 35.1 Å². The van der Waals surface area contributed by atoms with E-state index in [9.17, 15) is 14.3 Å². The highest BCUT2D eigenvalue weighted by atomic mass is 19.1. The van der Waals surface area contributed by atoms with Crippen LogP contribution in [0, 0.1) is 18.2 Å². The van der Waals surface area contributed by atoms with Crippen LogP contribution in [0.15, 0.2) is 18.2 Å². The van der Waals surface area contributed by atoms with Gasteiger partial charge in [-0.1, -0.05) is 18.6 Å². The van der Waals surface area contributed by atoms with Gasteiger partial charge >= 0.3 is 0 Å². The molecular formula is C14H18FNO2. The average molecular weight is 251 g/mol. The predicted molar refractivity (Wildman–Crippen MR) is 66.4 cm³/mol. The zero-order valence-corrected chi connectivity index (χ0v) is 10.5. The van der Waals surface area contributed by atoms with Crippen LogP contribution >= 0.6 is 0 Å². The molecule has 0 saturated heterocycles. The molecule has 0 aromatic heterocycles. The standard InChI is InChI=1S/C14H18FNO2/c1-10-7-11(3-4-12(10)15)8-16-13(18)14(9-17)5-2-6-14/h3-4,7,17H,2,5-6,8-9H2,1H3,(H,16,18). The number of aliphatic hydroxyl groups excluding tert-OH is 1. The molecule has 0 aliphatic heterocycles. The SMILES string of the molecule is Cc1cc(CNC(=O)C2(CO)CCC2)ccc1F. The van der Waals surface area contributed by atoms with Crippen molar-refractivity contribution < 1.29 is 14.3 Å². The first-order chi connectivity index (χ1) is 8.57. The van der Waals surface area contributed by atoms with Gasteiger partial charge in [-0.15, -0.1) is 0 Å². The van der Waals surface area contributed by atoms with Gasteiger partial charge in [-0.05, 0) is 37.0 Å². The van der Waals surface area contributed by atoms with Gasteiger partial charge in [0.2, 0.25) is 5.91 Å². The maximum atomic E-state index is 13.1. The largest absolute Gasteiger partial charge is 0.395 e. The fraction of sp³-hybridized carbons (Fsp3) is 0.500. The number of hydrogen-bond acceptors (Lipinski definition) is 2. The summed E-state index contributed by atoms with van der Waals surface area (Å²) in [6, 6.07) is 4.79. The van der Waals surface area contributed by atoms with Gasteiger partial charge in [-0.2, -0.15) is 0 Å². The molecule has 0 atom stereocenters. The van der Waals surface area contributed by atoms with Crippen molar-refractivity contribution >= 4 is 5.91 Å². The number of amides is 1. The Morgan fingerprint density at radius 3 is 2.72 bits per heavy atom. The molecule has 1 saturated carbocycles. The molecule has 0 radical (unpaired) electrons. The van der Waals surface area contributed by atoms with Gasteiger partial charge < -0.3 is 10.4 Å². The molecule has 4 heteroatoms. The zero-order valence-electron chi connectivity index (χ0n) is 10.5. The molecule has 0 spiro atoms. The third kappa shape index (κ3) is 2.38. The zero-order chi connectivity index (χ0) is 13.2.